The van der Waals surface area contributed by atoms with Crippen molar-refractivity contribution >= 4 is 11.7 Å². The maximum atomic E-state index is 10.7. The number of oxime groups is 1. The van der Waals surface area contributed by atoms with E-state index in [1.807, 2.05) is 0 Å². The molecule has 1 heterocycles. The lowest BCUT2D eigenvalue weighted by molar-refractivity contribution is -0.148. The summed E-state index contributed by atoms with van der Waals surface area (Å²) >= 11 is 0. The molecule has 4 nitrogen and oxygen atoms in total. The summed E-state index contributed by atoms with van der Waals surface area (Å²) in [6.45, 7) is 0. The highest BCUT2D eigenvalue weighted by atomic mass is 16.7. The first-order chi connectivity index (χ1) is 7.24. The first kappa shape index (κ1) is 9.19. The summed E-state index contributed by atoms with van der Waals surface area (Å²) < 4.78 is 0. The van der Waals surface area contributed by atoms with Gasteiger partial charge < -0.3 is 9.94 Å². The second-order valence-corrected chi connectivity index (χ2v) is 5.00. The minimum atomic E-state index is -0.892. The fraction of sp³-hybridized carbons (Fsp3) is 0.818. The zero-order valence-corrected chi connectivity index (χ0v) is 8.56. The molecule has 0 aromatic carbocycles. The molecular weight excluding hydrogens is 194 g/mol. The van der Waals surface area contributed by atoms with E-state index in [0.29, 0.717) is 12.3 Å². The molecule has 0 spiro atoms. The van der Waals surface area contributed by atoms with Crippen molar-refractivity contribution in [3.63, 3.8) is 0 Å². The normalized spacial score (nSPS) is 42.8. The molecule has 3 rings (SSSR count). The molecule has 0 aromatic heterocycles. The number of carboxylic acids is 1. The average Bonchev–Trinajstić information content (AvgIpc) is 2.93. The van der Waals surface area contributed by atoms with Crippen LogP contribution in [-0.4, -0.2) is 22.9 Å². The third-order valence-corrected chi connectivity index (χ3v) is 4.13. The smallest absolute Gasteiger partial charge is 0.348 e. The summed E-state index contributed by atoms with van der Waals surface area (Å²) in [7, 11) is 0. The van der Waals surface area contributed by atoms with Crippen LogP contribution in [-0.2, 0) is 9.63 Å². The van der Waals surface area contributed by atoms with Crippen molar-refractivity contribution in [3.05, 3.63) is 0 Å². The Morgan fingerprint density at radius 3 is 2.80 bits per heavy atom. The van der Waals surface area contributed by atoms with Gasteiger partial charge in [-0.05, 0) is 31.1 Å². The molecule has 0 amide bonds. The summed E-state index contributed by atoms with van der Waals surface area (Å²) in [6, 6.07) is 0. The average molecular weight is 209 g/mol. The van der Waals surface area contributed by atoms with Crippen LogP contribution >= 0.6 is 0 Å². The van der Waals surface area contributed by atoms with Crippen LogP contribution in [0.4, 0.5) is 0 Å². The minimum absolute atomic E-state index is 0.503. The van der Waals surface area contributed by atoms with Gasteiger partial charge in [-0.2, -0.15) is 0 Å². The molecule has 2 fully saturated rings. The van der Waals surface area contributed by atoms with Crippen molar-refractivity contribution in [3.8, 4) is 0 Å². The number of nitrogens with zero attached hydrogens (tertiary/aromatic N) is 1. The summed E-state index contributed by atoms with van der Waals surface area (Å²) in [5.41, 5.74) is 1.01. The highest BCUT2D eigenvalue weighted by Crippen LogP contribution is 2.49. The van der Waals surface area contributed by atoms with Gasteiger partial charge in [0.25, 0.3) is 0 Å². The SMILES string of the molecule is O=C(O)C1CC(C2CC3CCC2C3)=NO1. The van der Waals surface area contributed by atoms with Gasteiger partial charge in [-0.15, -0.1) is 0 Å². The number of aliphatic carboxylic acids is 1. The summed E-state index contributed by atoms with van der Waals surface area (Å²) in [4.78, 5) is 15.7. The van der Waals surface area contributed by atoms with Crippen molar-refractivity contribution in [2.75, 3.05) is 0 Å². The lowest BCUT2D eigenvalue weighted by atomic mass is 9.83. The van der Waals surface area contributed by atoms with E-state index in [4.69, 9.17) is 9.94 Å². The van der Waals surface area contributed by atoms with Gasteiger partial charge in [0.15, 0.2) is 0 Å². The van der Waals surface area contributed by atoms with Gasteiger partial charge in [0, 0.05) is 12.3 Å². The zero-order valence-electron chi connectivity index (χ0n) is 8.56. The van der Waals surface area contributed by atoms with Crippen LogP contribution in [0.2, 0.25) is 0 Å². The van der Waals surface area contributed by atoms with E-state index in [2.05, 4.69) is 5.16 Å². The molecule has 3 aliphatic rings. The molecule has 1 aliphatic heterocycles. The second kappa shape index (κ2) is 3.22. The zero-order chi connectivity index (χ0) is 10.4. The Labute approximate surface area is 88.3 Å². The first-order valence-electron chi connectivity index (χ1n) is 5.69. The topological polar surface area (TPSA) is 58.9 Å². The molecule has 4 heteroatoms. The minimum Gasteiger partial charge on any atom is -0.478 e. The third kappa shape index (κ3) is 1.43. The molecule has 15 heavy (non-hydrogen) atoms. The van der Waals surface area contributed by atoms with Gasteiger partial charge in [0.2, 0.25) is 6.10 Å². The molecule has 0 radical (unpaired) electrons. The van der Waals surface area contributed by atoms with E-state index in [-0.39, 0.29) is 0 Å². The molecule has 2 bridgehead atoms. The first-order valence-corrected chi connectivity index (χ1v) is 5.69. The highest BCUT2D eigenvalue weighted by Gasteiger charge is 2.44. The van der Waals surface area contributed by atoms with Crippen molar-refractivity contribution in [1.82, 2.24) is 0 Å². The predicted molar refractivity (Wildman–Crippen MR) is 53.5 cm³/mol. The number of carboxylic acid groups (broad SMARTS) is 1. The van der Waals surface area contributed by atoms with Crippen LogP contribution in [0.3, 0.4) is 0 Å². The van der Waals surface area contributed by atoms with E-state index in [1.165, 1.54) is 25.7 Å². The van der Waals surface area contributed by atoms with Gasteiger partial charge in [0.1, 0.15) is 0 Å². The van der Waals surface area contributed by atoms with Crippen molar-refractivity contribution in [2.45, 2.75) is 38.2 Å². The molecule has 82 valence electrons. The van der Waals surface area contributed by atoms with Crippen molar-refractivity contribution in [2.24, 2.45) is 22.9 Å². The lowest BCUT2D eigenvalue weighted by Crippen LogP contribution is -2.24. The van der Waals surface area contributed by atoms with Crippen LogP contribution in [0.1, 0.15) is 32.1 Å². The standard InChI is InChI=1S/C11H15NO3/c13-11(14)10-5-9(12-15-10)8-4-6-1-2-7(8)3-6/h6-8,10H,1-5H2,(H,13,14). The Bertz CT molecular complexity index is 326. The number of hydrogen-bond acceptors (Lipinski definition) is 3. The second-order valence-electron chi connectivity index (χ2n) is 5.00. The van der Waals surface area contributed by atoms with Crippen LogP contribution < -0.4 is 0 Å². The van der Waals surface area contributed by atoms with E-state index in [1.54, 1.807) is 0 Å². The number of rotatable bonds is 2. The van der Waals surface area contributed by atoms with Gasteiger partial charge in [-0.25, -0.2) is 4.79 Å². The van der Waals surface area contributed by atoms with Gasteiger partial charge in [0.05, 0.1) is 5.71 Å². The fourth-order valence-corrected chi connectivity index (χ4v) is 3.40. The fourth-order valence-electron chi connectivity index (χ4n) is 3.40. The van der Waals surface area contributed by atoms with Crippen molar-refractivity contribution < 1.29 is 14.7 Å². The molecule has 2 saturated carbocycles. The van der Waals surface area contributed by atoms with Crippen LogP contribution in [0.5, 0.6) is 0 Å². The summed E-state index contributed by atoms with van der Waals surface area (Å²) in [5, 5.41) is 12.8. The van der Waals surface area contributed by atoms with Crippen LogP contribution in [0.15, 0.2) is 5.16 Å². The Hall–Kier alpha value is -1.06. The monoisotopic (exact) mass is 209 g/mol. The Balaban J connectivity index is 1.67. The molecule has 0 saturated heterocycles. The molecule has 1 N–H and O–H groups in total. The summed E-state index contributed by atoms with van der Waals surface area (Å²) in [6.07, 6.45) is 4.97. The maximum absolute atomic E-state index is 10.7. The predicted octanol–water partition coefficient (Wildman–Crippen LogP) is 1.65. The summed E-state index contributed by atoms with van der Waals surface area (Å²) in [5.74, 6) is 1.25. The lowest BCUT2D eigenvalue weighted by Gasteiger charge is -2.20. The third-order valence-electron chi connectivity index (χ3n) is 4.13. The number of fused-ring (bicyclic) bond motifs is 2. The quantitative estimate of drug-likeness (QED) is 0.752. The van der Waals surface area contributed by atoms with Gasteiger partial charge in [-0.1, -0.05) is 11.6 Å². The highest BCUT2D eigenvalue weighted by molar-refractivity contribution is 5.92. The Morgan fingerprint density at radius 1 is 1.40 bits per heavy atom. The Kier molecular flexibility index (Phi) is 1.97. The molecule has 2 aliphatic carbocycles. The molecular formula is C11H15NO3. The van der Waals surface area contributed by atoms with E-state index >= 15 is 0 Å². The number of hydrogen-bond donors (Lipinski definition) is 1. The van der Waals surface area contributed by atoms with Gasteiger partial charge in [-0.3, -0.25) is 0 Å². The number of carbonyl (C=O) groups is 1. The molecule has 0 aromatic rings. The van der Waals surface area contributed by atoms with Crippen LogP contribution in [0, 0.1) is 17.8 Å². The molecule has 4 unspecified atom stereocenters. The van der Waals surface area contributed by atoms with E-state index in [9.17, 15) is 4.79 Å². The largest absolute Gasteiger partial charge is 0.478 e. The van der Waals surface area contributed by atoms with Crippen molar-refractivity contribution in [1.29, 1.82) is 0 Å². The van der Waals surface area contributed by atoms with E-state index in [0.717, 1.165) is 17.5 Å². The Morgan fingerprint density at radius 2 is 2.27 bits per heavy atom. The molecule has 4 atom stereocenters. The van der Waals surface area contributed by atoms with E-state index < -0.39 is 12.1 Å². The van der Waals surface area contributed by atoms with Gasteiger partial charge >= 0.3 is 5.97 Å². The van der Waals surface area contributed by atoms with Crippen LogP contribution in [0.25, 0.3) is 0 Å². The maximum Gasteiger partial charge on any atom is 0.348 e.